The van der Waals surface area contributed by atoms with Gasteiger partial charge in [0.2, 0.25) is 47.3 Å². The minimum Gasteiger partial charge on any atom is -0.459 e. The minimum atomic E-state index is -1.77. The van der Waals surface area contributed by atoms with Gasteiger partial charge in [-0.3, -0.25) is 53.4 Å². The number of imide groups is 1. The number of hydrogen-bond donors (Lipinski definition) is 10. The van der Waals surface area contributed by atoms with Crippen molar-refractivity contribution in [2.24, 2.45) is 23.3 Å². The predicted octanol–water partition coefficient (Wildman–Crippen LogP) is -2.96. The zero-order valence-electron chi connectivity index (χ0n) is 35.3. The first-order valence-electron chi connectivity index (χ1n) is 20.5. The lowest BCUT2D eigenvalue weighted by Crippen LogP contribution is -2.62. The van der Waals surface area contributed by atoms with E-state index in [1.54, 1.807) is 39.5 Å². The maximum atomic E-state index is 14.3. The second kappa shape index (κ2) is 24.6. The normalized spacial score (nSPS) is 26.0. The highest BCUT2D eigenvalue weighted by molar-refractivity contribution is 6.02. The summed E-state index contributed by atoms with van der Waals surface area (Å²) >= 11 is 0. The number of cyclic esters (lactones) is 1. The maximum absolute atomic E-state index is 14.3. The van der Waals surface area contributed by atoms with E-state index in [0.29, 0.717) is 19.3 Å². The molecule has 12 N–H and O–H groups in total. The standard InChI is InChI=1S/C38H64N10O12/c1-7-11-27(51)42-23(14-15-26(39)50)32(53)46-29-21(6)60-37(58)30(19(3)4)48-17-10-13-25(48)34(55)47-35(56)28(20(5)8-2)45-33(54)24(18-49)44-31(52)22(43-36(29)57)12-9-16-41-38(40)59/h19-25,28-30,49H,7-18H2,1-6H3,(H2,39,50)(H,42,51)(H,43,57)(H,44,52)(H,45,54)(H,46,53)(H3,40,41,59)(H,47,55,56)/t20-,21+,22-,23-,24-,25-,28-,29-,30-/m0/s1. The number of carbonyl (C=O) groups is 10. The molecule has 0 saturated carbocycles. The molecule has 0 aromatic rings. The number of carbonyl (C=O) groups excluding carboxylic acids is 10. The Labute approximate surface area is 349 Å². The van der Waals surface area contributed by atoms with E-state index in [9.17, 15) is 53.1 Å². The molecule has 2 saturated heterocycles. The minimum absolute atomic E-state index is 0.0328. The summed E-state index contributed by atoms with van der Waals surface area (Å²) in [4.78, 5) is 134. The lowest BCUT2D eigenvalue weighted by atomic mass is 9.97. The van der Waals surface area contributed by atoms with Crippen LogP contribution < -0.4 is 48.7 Å². The fourth-order valence-corrected chi connectivity index (χ4v) is 6.97. The van der Waals surface area contributed by atoms with Crippen LogP contribution in [0.3, 0.4) is 0 Å². The Balaban J connectivity index is 2.73. The highest BCUT2D eigenvalue weighted by Crippen LogP contribution is 2.26. The third kappa shape index (κ3) is 15.3. The van der Waals surface area contributed by atoms with Crippen LogP contribution in [0, 0.1) is 11.8 Å². The van der Waals surface area contributed by atoms with Crippen LogP contribution in [0.1, 0.15) is 99.3 Å². The Bertz CT molecular complexity index is 1580. The number of amides is 10. The molecule has 0 unspecified atom stereocenters. The van der Waals surface area contributed by atoms with E-state index in [4.69, 9.17) is 16.2 Å². The topological polar surface area (TPSA) is 340 Å². The average molecular weight is 853 g/mol. The van der Waals surface area contributed by atoms with Crippen molar-refractivity contribution in [1.29, 1.82) is 0 Å². The van der Waals surface area contributed by atoms with Gasteiger partial charge in [-0.05, 0) is 63.8 Å². The van der Waals surface area contributed by atoms with Crippen molar-refractivity contribution in [3.05, 3.63) is 0 Å². The number of nitrogens with two attached hydrogens (primary N) is 2. The van der Waals surface area contributed by atoms with Gasteiger partial charge in [-0.25, -0.2) is 4.79 Å². The molecule has 9 atom stereocenters. The molecular weight excluding hydrogens is 788 g/mol. The summed E-state index contributed by atoms with van der Waals surface area (Å²) in [5, 5.41) is 27.3. The van der Waals surface area contributed by atoms with Crippen molar-refractivity contribution in [3.8, 4) is 0 Å². The first kappa shape index (κ1) is 50.8. The van der Waals surface area contributed by atoms with Crippen LogP contribution in [0.15, 0.2) is 0 Å². The van der Waals surface area contributed by atoms with Crippen LogP contribution in [0.25, 0.3) is 0 Å². The fraction of sp³-hybridized carbons (Fsp3) is 0.737. The smallest absolute Gasteiger partial charge is 0.324 e. The number of urea groups is 1. The Morgan fingerprint density at radius 3 is 2.13 bits per heavy atom. The van der Waals surface area contributed by atoms with Crippen molar-refractivity contribution in [2.45, 2.75) is 148 Å². The Morgan fingerprint density at radius 1 is 0.900 bits per heavy atom. The van der Waals surface area contributed by atoms with Gasteiger partial charge in [-0.1, -0.05) is 41.0 Å². The monoisotopic (exact) mass is 852 g/mol. The van der Waals surface area contributed by atoms with E-state index in [0.717, 1.165) is 0 Å². The van der Waals surface area contributed by atoms with E-state index in [2.05, 4.69) is 37.2 Å². The second-order valence-electron chi connectivity index (χ2n) is 15.6. The van der Waals surface area contributed by atoms with Crippen LogP contribution in [-0.2, 0) is 47.9 Å². The highest BCUT2D eigenvalue weighted by Gasteiger charge is 2.44. The molecular formula is C38H64N10O12. The molecule has 60 heavy (non-hydrogen) atoms. The molecule has 2 aliphatic rings. The number of rotatable bonds is 16. The zero-order chi connectivity index (χ0) is 45.3. The summed E-state index contributed by atoms with van der Waals surface area (Å²) in [5.41, 5.74) is 10.5. The lowest BCUT2D eigenvalue weighted by molar-refractivity contribution is -0.161. The van der Waals surface area contributed by atoms with Crippen LogP contribution in [0.5, 0.6) is 0 Å². The molecule has 0 bridgehead atoms. The number of primary amides is 2. The largest absolute Gasteiger partial charge is 0.459 e. The maximum Gasteiger partial charge on any atom is 0.324 e. The molecule has 0 spiro atoms. The Kier molecular flexibility index (Phi) is 20.8. The molecule has 0 aromatic heterocycles. The zero-order valence-corrected chi connectivity index (χ0v) is 35.3. The number of hydrogen-bond acceptors (Lipinski definition) is 13. The van der Waals surface area contributed by atoms with Gasteiger partial charge in [-0.2, -0.15) is 0 Å². The third-order valence-corrected chi connectivity index (χ3v) is 10.4. The van der Waals surface area contributed by atoms with Gasteiger partial charge in [-0.15, -0.1) is 0 Å². The van der Waals surface area contributed by atoms with Crippen molar-refractivity contribution in [2.75, 3.05) is 19.7 Å². The van der Waals surface area contributed by atoms with Crippen molar-refractivity contribution in [3.63, 3.8) is 0 Å². The third-order valence-electron chi connectivity index (χ3n) is 10.4. The van der Waals surface area contributed by atoms with Crippen LogP contribution in [0.2, 0.25) is 0 Å². The van der Waals surface area contributed by atoms with Gasteiger partial charge in [0, 0.05) is 19.4 Å². The van der Waals surface area contributed by atoms with Gasteiger partial charge in [0.1, 0.15) is 42.4 Å². The summed E-state index contributed by atoms with van der Waals surface area (Å²) in [7, 11) is 0. The van der Waals surface area contributed by atoms with E-state index in [1.807, 2.05) is 0 Å². The van der Waals surface area contributed by atoms with Gasteiger partial charge < -0.3 is 53.2 Å². The SMILES string of the molecule is CCCC(=O)N[C@@H](CCC(N)=O)C(=O)N[C@@H]1C(=O)N[C@@H](CCCNC(N)=O)C(=O)N[C@@H](CO)C(=O)N[C@@H]([C@@H](C)CC)C(=O)NC(=O)[C@@H]2CCCN2[C@@H](C(C)C)C(=O)O[C@@H]1C. The molecule has 2 aliphatic heterocycles. The summed E-state index contributed by atoms with van der Waals surface area (Å²) in [6.07, 6.45) is -0.666. The first-order valence-corrected chi connectivity index (χ1v) is 20.5. The molecule has 2 heterocycles. The van der Waals surface area contributed by atoms with E-state index in [1.165, 1.54) is 6.92 Å². The number of nitrogens with one attached hydrogen (secondary N) is 7. The van der Waals surface area contributed by atoms with E-state index >= 15 is 0 Å². The molecule has 0 aliphatic carbocycles. The Hall–Kier alpha value is -5.38. The average Bonchev–Trinajstić information content (AvgIpc) is 3.65. The molecule has 22 nitrogen and oxygen atoms in total. The van der Waals surface area contributed by atoms with Gasteiger partial charge in [0.05, 0.1) is 12.6 Å². The Morgan fingerprint density at radius 2 is 1.55 bits per heavy atom. The molecule has 0 radical (unpaired) electrons. The summed E-state index contributed by atoms with van der Waals surface area (Å²) < 4.78 is 5.87. The molecule has 0 aromatic carbocycles. The number of aliphatic hydroxyl groups is 1. The van der Waals surface area contributed by atoms with Crippen molar-refractivity contribution < 1.29 is 57.8 Å². The number of fused-ring (bicyclic) bond motifs is 1. The fourth-order valence-electron chi connectivity index (χ4n) is 6.97. The van der Waals surface area contributed by atoms with E-state index in [-0.39, 0.29) is 51.6 Å². The van der Waals surface area contributed by atoms with Gasteiger partial charge in [0.25, 0.3) is 0 Å². The van der Waals surface area contributed by atoms with Crippen LogP contribution >= 0.6 is 0 Å². The van der Waals surface area contributed by atoms with Crippen molar-refractivity contribution in [1.82, 2.24) is 42.1 Å². The number of esters is 1. The number of nitrogens with zero attached hydrogens (tertiary/aromatic N) is 1. The number of ether oxygens (including phenoxy) is 1. The predicted molar refractivity (Wildman–Crippen MR) is 213 cm³/mol. The molecule has 10 amide bonds. The van der Waals surface area contributed by atoms with Gasteiger partial charge >= 0.3 is 12.0 Å². The lowest BCUT2D eigenvalue weighted by Gasteiger charge is -2.35. The van der Waals surface area contributed by atoms with Crippen LogP contribution in [-0.4, -0.2) is 137 Å². The summed E-state index contributed by atoms with van der Waals surface area (Å²) in [5.74, 6) is -8.78. The number of aliphatic hydroxyl groups excluding tert-OH is 1. The summed E-state index contributed by atoms with van der Waals surface area (Å²) in [6, 6.07) is -10.6. The van der Waals surface area contributed by atoms with E-state index < -0.39 is 126 Å². The molecule has 22 heteroatoms. The second-order valence-corrected chi connectivity index (χ2v) is 15.6. The highest BCUT2D eigenvalue weighted by atomic mass is 16.5. The van der Waals surface area contributed by atoms with Crippen LogP contribution in [0.4, 0.5) is 4.79 Å². The molecule has 338 valence electrons. The summed E-state index contributed by atoms with van der Waals surface area (Å²) in [6.45, 7) is 9.11. The first-order chi connectivity index (χ1) is 28.2. The van der Waals surface area contributed by atoms with Gasteiger partial charge in [0.15, 0.2) is 0 Å². The quantitative estimate of drug-likeness (QED) is 0.0422. The molecule has 2 rings (SSSR count). The molecule has 2 fully saturated rings. The van der Waals surface area contributed by atoms with Crippen molar-refractivity contribution >= 4 is 59.3 Å².